The zero-order valence-electron chi connectivity index (χ0n) is 30.8. The maximum absolute atomic E-state index is 8.25. The molecule has 0 saturated carbocycles. The van der Waals surface area contributed by atoms with Crippen LogP contribution in [-0.2, 0) is 27.3 Å². The van der Waals surface area contributed by atoms with E-state index in [0.29, 0.717) is 0 Å². The zero-order valence-corrected chi connectivity index (χ0v) is 34.9. The van der Waals surface area contributed by atoms with Gasteiger partial charge in [0.1, 0.15) is 0 Å². The van der Waals surface area contributed by atoms with Crippen LogP contribution in [0, 0.1) is 52.3 Å². The average Bonchev–Trinajstić information content (AvgIpc) is 3.03. The van der Waals surface area contributed by atoms with Gasteiger partial charge >= 0.3 is 27.3 Å². The Hall–Kier alpha value is -0.958. The Morgan fingerprint density at radius 2 is 0.587 bits per heavy atom. The van der Waals surface area contributed by atoms with E-state index >= 15 is 0 Å². The third-order valence-electron chi connectivity index (χ3n) is 9.73. The van der Waals surface area contributed by atoms with Crippen LogP contribution < -0.4 is 33.6 Å². The van der Waals surface area contributed by atoms with Gasteiger partial charge in [0.05, 0.1) is 10.2 Å². The van der Waals surface area contributed by atoms with E-state index in [2.05, 4.69) is 66.0 Å². The molecule has 0 atom stereocenters. The SMILES string of the molecule is CCC(CC)(CN)CNCC(CC)(CC)CN.CCC(CC)(CN)CNCC(CC)(CC)CN.CCO.O=[N+]([O-])[O-].O=[N+]([O-])[O-].[Cd+2]. The molecule has 0 spiro atoms. The van der Waals surface area contributed by atoms with Crippen molar-refractivity contribution in [3.63, 3.8) is 0 Å². The minimum Gasteiger partial charge on any atom is -0.397 e. The van der Waals surface area contributed by atoms with Crippen molar-refractivity contribution in [1.82, 2.24) is 10.6 Å². The normalized spacial score (nSPS) is 11.1. The smallest absolute Gasteiger partial charge is 0.397 e. The monoisotopic (exact) mass is 770 g/mol. The van der Waals surface area contributed by atoms with E-state index in [4.69, 9.17) is 58.7 Å². The fraction of sp³-hybridized carbons (Fsp3) is 1.00. The van der Waals surface area contributed by atoms with Crippen molar-refractivity contribution in [2.24, 2.45) is 44.6 Å². The van der Waals surface area contributed by atoms with Crippen LogP contribution in [0.4, 0.5) is 0 Å². The van der Waals surface area contributed by atoms with Crippen LogP contribution in [0.2, 0.25) is 0 Å². The van der Waals surface area contributed by atoms with Crippen molar-refractivity contribution in [2.45, 2.75) is 114 Å². The predicted octanol–water partition coefficient (Wildman–Crippen LogP) is 3.73. The Kier molecular flexibility index (Phi) is 44.0. The topological polar surface area (TPSA) is 281 Å². The fourth-order valence-corrected chi connectivity index (χ4v) is 4.63. The number of aliphatic hydroxyl groups excluding tert-OH is 1. The van der Waals surface area contributed by atoms with E-state index in [1.807, 2.05) is 0 Å². The molecule has 15 nitrogen and oxygen atoms in total. The number of aliphatic hydroxyl groups is 1. The number of nitrogens with one attached hydrogen (secondary N) is 2. The number of hydrogen-bond acceptors (Lipinski definition) is 13. The molecule has 0 aromatic rings. The summed E-state index contributed by atoms with van der Waals surface area (Å²) in [6.07, 6.45) is 9.12. The second-order valence-corrected chi connectivity index (χ2v) is 11.6. The second-order valence-electron chi connectivity index (χ2n) is 11.6. The summed E-state index contributed by atoms with van der Waals surface area (Å²) >= 11 is 0. The van der Waals surface area contributed by atoms with E-state index in [1.54, 1.807) is 6.92 Å². The summed E-state index contributed by atoms with van der Waals surface area (Å²) < 4.78 is 0. The molecular formula is C30H72CdN8O7. The fourth-order valence-electron chi connectivity index (χ4n) is 4.63. The number of hydrogen-bond donors (Lipinski definition) is 7. The van der Waals surface area contributed by atoms with Crippen molar-refractivity contribution in [1.29, 1.82) is 0 Å². The Morgan fingerprint density at radius 1 is 0.478 bits per heavy atom. The van der Waals surface area contributed by atoms with Crippen molar-refractivity contribution >= 4 is 0 Å². The molecule has 0 aliphatic rings. The molecule has 0 bridgehead atoms. The molecule has 0 amide bonds. The first kappa shape index (κ1) is 57.3. The molecule has 0 aliphatic carbocycles. The first-order chi connectivity index (χ1) is 21.0. The maximum atomic E-state index is 8.25. The van der Waals surface area contributed by atoms with Crippen LogP contribution >= 0.6 is 0 Å². The Balaban J connectivity index is -0.000000129. The van der Waals surface area contributed by atoms with Gasteiger partial charge in [0.15, 0.2) is 0 Å². The van der Waals surface area contributed by atoms with Gasteiger partial charge in [-0.15, -0.1) is 0 Å². The van der Waals surface area contributed by atoms with E-state index in [0.717, 1.165) is 104 Å². The first-order valence-electron chi connectivity index (χ1n) is 16.5. The summed E-state index contributed by atoms with van der Waals surface area (Å²) in [5.74, 6) is 0. The molecule has 0 rings (SSSR count). The molecule has 16 heteroatoms. The molecule has 0 heterocycles. The minimum atomic E-state index is -1.75. The van der Waals surface area contributed by atoms with Crippen molar-refractivity contribution in [3.05, 3.63) is 30.6 Å². The molecule has 0 aromatic heterocycles. The summed E-state index contributed by atoms with van der Waals surface area (Å²) in [5.41, 5.74) is 24.7. The molecule has 276 valence electrons. The summed E-state index contributed by atoms with van der Waals surface area (Å²) in [5, 5.41) is 44.3. The average molecular weight is 769 g/mol. The summed E-state index contributed by atoms with van der Waals surface area (Å²) in [4.78, 5) is 16.5. The van der Waals surface area contributed by atoms with Crippen LogP contribution in [0.1, 0.15) is 114 Å². The quantitative estimate of drug-likeness (QED) is 0.0529. The maximum Gasteiger partial charge on any atom is 2.00 e. The molecule has 0 saturated heterocycles. The molecule has 0 aromatic carbocycles. The van der Waals surface area contributed by atoms with Gasteiger partial charge in [-0.05, 0) is 106 Å². The Morgan fingerprint density at radius 3 is 0.652 bits per heavy atom. The van der Waals surface area contributed by atoms with Crippen molar-refractivity contribution in [3.8, 4) is 0 Å². The summed E-state index contributed by atoms with van der Waals surface area (Å²) in [6.45, 7) is 26.9. The predicted molar refractivity (Wildman–Crippen MR) is 187 cm³/mol. The van der Waals surface area contributed by atoms with E-state index in [9.17, 15) is 0 Å². The van der Waals surface area contributed by atoms with Gasteiger partial charge < -0.3 is 69.3 Å². The van der Waals surface area contributed by atoms with Crippen LogP contribution in [0.25, 0.3) is 0 Å². The standard InChI is InChI=1S/2C14H33N3.C2H6O.Cd.2NO3/c2*1-5-13(6-2,9-15)11-17-12-14(7-3,8-4)10-16;1-2-3;;2*2-1(3)4/h2*17H,5-12,15-16H2,1-4H3;3H,2H2,1H3;;;/q;;;+2;2*-1. The van der Waals surface area contributed by atoms with Gasteiger partial charge in [-0.1, -0.05) is 55.4 Å². The number of nitrogens with zero attached hydrogens (tertiary/aromatic N) is 2. The van der Waals surface area contributed by atoms with Gasteiger partial charge in [-0.2, -0.15) is 0 Å². The van der Waals surface area contributed by atoms with Gasteiger partial charge in [-0.25, -0.2) is 0 Å². The Bertz CT molecular complexity index is 532. The van der Waals surface area contributed by atoms with Gasteiger partial charge in [0.25, 0.3) is 0 Å². The molecular weight excluding hydrogens is 697 g/mol. The molecule has 0 fully saturated rings. The molecule has 46 heavy (non-hydrogen) atoms. The van der Waals surface area contributed by atoms with Crippen LogP contribution in [-0.4, -0.2) is 74.2 Å². The minimum absolute atomic E-state index is 0. The Labute approximate surface area is 300 Å². The molecule has 0 unspecified atom stereocenters. The second kappa shape index (κ2) is 35.4. The third kappa shape index (κ3) is 29.2. The van der Waals surface area contributed by atoms with Crippen molar-refractivity contribution in [2.75, 3.05) is 59.0 Å². The first-order valence-corrected chi connectivity index (χ1v) is 16.5. The van der Waals surface area contributed by atoms with E-state index < -0.39 is 10.2 Å². The zero-order chi connectivity index (χ0) is 36.6. The van der Waals surface area contributed by atoms with Crippen molar-refractivity contribution < 1.29 is 42.6 Å². The number of rotatable bonds is 20. The summed E-state index contributed by atoms with van der Waals surface area (Å²) in [7, 11) is 0. The van der Waals surface area contributed by atoms with Crippen LogP contribution in [0.3, 0.4) is 0 Å². The third-order valence-corrected chi connectivity index (χ3v) is 9.73. The molecule has 0 aliphatic heterocycles. The van der Waals surface area contributed by atoms with Crippen LogP contribution in [0.15, 0.2) is 0 Å². The molecule has 11 N–H and O–H groups in total. The van der Waals surface area contributed by atoms with Gasteiger partial charge in [0, 0.05) is 32.8 Å². The van der Waals surface area contributed by atoms with E-state index in [-0.39, 0.29) is 55.6 Å². The van der Waals surface area contributed by atoms with E-state index in [1.165, 1.54) is 0 Å². The van der Waals surface area contributed by atoms with Gasteiger partial charge in [0.2, 0.25) is 0 Å². The van der Waals surface area contributed by atoms with Crippen LogP contribution in [0.5, 0.6) is 0 Å². The van der Waals surface area contributed by atoms with Gasteiger partial charge in [-0.3, -0.25) is 0 Å². The summed E-state index contributed by atoms with van der Waals surface area (Å²) in [6, 6.07) is 0. The molecule has 0 radical (unpaired) electrons. The number of nitrogens with two attached hydrogens (primary N) is 4. The largest absolute Gasteiger partial charge is 2.00 e.